The maximum atomic E-state index is 13.3. The Morgan fingerprint density at radius 2 is 1.55 bits per heavy atom. The van der Waals surface area contributed by atoms with Crippen LogP contribution in [0.5, 0.6) is 0 Å². The van der Waals surface area contributed by atoms with Gasteiger partial charge in [-0.2, -0.15) is 5.10 Å². The molecule has 0 fully saturated rings. The van der Waals surface area contributed by atoms with Crippen LogP contribution < -0.4 is 5.32 Å². The number of carbonyl (C=O) groups is 1. The number of nitrogens with one attached hydrogen (secondary N) is 2. The molecule has 1 heterocycles. The summed E-state index contributed by atoms with van der Waals surface area (Å²) in [4.78, 5) is 11.6. The molecule has 0 saturated heterocycles. The third kappa shape index (κ3) is 2.26. The van der Waals surface area contributed by atoms with Crippen LogP contribution in [0.2, 0.25) is 0 Å². The van der Waals surface area contributed by atoms with Crippen LogP contribution in [0.25, 0.3) is 0 Å². The average molecular weight is 356 g/mol. The summed E-state index contributed by atoms with van der Waals surface area (Å²) in [6.07, 6.45) is 1.17. The van der Waals surface area contributed by atoms with Gasteiger partial charge in [-0.1, -0.05) is 0 Å². The van der Waals surface area contributed by atoms with Crippen molar-refractivity contribution in [1.29, 1.82) is 0 Å². The fraction of sp³-hybridized carbons (Fsp3) is 0. The Balaban J connectivity index is 2.45. The van der Waals surface area contributed by atoms with Crippen LogP contribution in [0.1, 0.15) is 10.5 Å². The van der Waals surface area contributed by atoms with Crippen molar-refractivity contribution < 1.29 is 26.7 Å². The van der Waals surface area contributed by atoms with Gasteiger partial charge in [0.05, 0.1) is 10.7 Å². The normalized spacial score (nSPS) is 10.7. The zero-order chi connectivity index (χ0) is 15.0. The Kier molecular flexibility index (Phi) is 3.75. The standard InChI is InChI=1S/C10H3BrF5N3O/c11-2-1-17-19-8(2)10(20)18-9-6(15)4(13)3(12)5(14)7(9)16/h1H,(H,17,19)(H,18,20). The van der Waals surface area contributed by atoms with Crippen molar-refractivity contribution in [3.8, 4) is 0 Å². The number of H-pyrrole nitrogens is 1. The SMILES string of the molecule is O=C(Nc1c(F)c(F)c(F)c(F)c1F)c1[nH]ncc1Br. The summed E-state index contributed by atoms with van der Waals surface area (Å²) in [5.41, 5.74) is -1.68. The van der Waals surface area contributed by atoms with Crippen molar-refractivity contribution in [1.82, 2.24) is 10.2 Å². The van der Waals surface area contributed by atoms with Crippen LogP contribution >= 0.6 is 15.9 Å². The van der Waals surface area contributed by atoms with Gasteiger partial charge in [-0.15, -0.1) is 0 Å². The molecular weight excluding hydrogens is 353 g/mol. The zero-order valence-corrected chi connectivity index (χ0v) is 10.8. The first-order valence-corrected chi connectivity index (χ1v) is 5.65. The molecule has 4 nitrogen and oxygen atoms in total. The second kappa shape index (κ2) is 5.19. The van der Waals surface area contributed by atoms with Gasteiger partial charge in [-0.05, 0) is 15.9 Å². The lowest BCUT2D eigenvalue weighted by Gasteiger charge is -2.09. The van der Waals surface area contributed by atoms with Crippen LogP contribution in [-0.2, 0) is 0 Å². The maximum Gasteiger partial charge on any atom is 0.275 e. The van der Waals surface area contributed by atoms with Gasteiger partial charge in [-0.3, -0.25) is 9.89 Å². The fourth-order valence-electron chi connectivity index (χ4n) is 1.32. The number of halogens is 6. The predicted molar refractivity (Wildman–Crippen MR) is 60.5 cm³/mol. The van der Waals surface area contributed by atoms with Crippen molar-refractivity contribution in [2.45, 2.75) is 0 Å². The highest BCUT2D eigenvalue weighted by molar-refractivity contribution is 9.10. The smallest absolute Gasteiger partial charge is 0.275 e. The lowest BCUT2D eigenvalue weighted by Crippen LogP contribution is -2.17. The molecule has 0 unspecified atom stereocenters. The third-order valence-electron chi connectivity index (χ3n) is 2.27. The molecule has 20 heavy (non-hydrogen) atoms. The summed E-state index contributed by atoms with van der Waals surface area (Å²) in [6.45, 7) is 0. The monoisotopic (exact) mass is 355 g/mol. The van der Waals surface area contributed by atoms with E-state index in [4.69, 9.17) is 0 Å². The molecule has 0 aliphatic rings. The quantitative estimate of drug-likeness (QED) is 0.494. The number of rotatable bonds is 2. The summed E-state index contributed by atoms with van der Waals surface area (Å²) in [5, 5.41) is 7.23. The zero-order valence-electron chi connectivity index (χ0n) is 9.20. The van der Waals surface area contributed by atoms with E-state index >= 15 is 0 Å². The van der Waals surface area contributed by atoms with Gasteiger partial charge in [0, 0.05) is 0 Å². The second-order valence-electron chi connectivity index (χ2n) is 3.49. The number of hydrogen-bond acceptors (Lipinski definition) is 2. The average Bonchev–Trinajstić information content (AvgIpc) is 2.85. The molecule has 2 N–H and O–H groups in total. The summed E-state index contributed by atoms with van der Waals surface area (Å²) < 4.78 is 65.5. The van der Waals surface area contributed by atoms with E-state index in [1.54, 1.807) is 5.32 Å². The maximum absolute atomic E-state index is 13.3. The molecule has 2 rings (SSSR count). The van der Waals surface area contributed by atoms with Gasteiger partial charge >= 0.3 is 0 Å². The lowest BCUT2D eigenvalue weighted by atomic mass is 10.2. The van der Waals surface area contributed by atoms with Gasteiger partial charge in [0.15, 0.2) is 23.3 Å². The van der Waals surface area contributed by atoms with Crippen LogP contribution in [-0.4, -0.2) is 16.1 Å². The largest absolute Gasteiger partial charge is 0.315 e. The summed E-state index contributed by atoms with van der Waals surface area (Å²) >= 11 is 2.91. The number of amides is 1. The summed E-state index contributed by atoms with van der Waals surface area (Å²) in [5.74, 6) is -12.0. The third-order valence-corrected chi connectivity index (χ3v) is 2.87. The lowest BCUT2D eigenvalue weighted by molar-refractivity contribution is 0.102. The van der Waals surface area contributed by atoms with Gasteiger partial charge in [0.2, 0.25) is 5.82 Å². The molecule has 0 atom stereocenters. The molecule has 0 aliphatic carbocycles. The van der Waals surface area contributed by atoms with Crippen LogP contribution in [0.3, 0.4) is 0 Å². The van der Waals surface area contributed by atoms with E-state index in [2.05, 4.69) is 26.1 Å². The van der Waals surface area contributed by atoms with Crippen molar-refractivity contribution in [2.75, 3.05) is 5.32 Å². The first-order chi connectivity index (χ1) is 9.34. The molecule has 1 aromatic heterocycles. The molecule has 0 bridgehead atoms. The Morgan fingerprint density at radius 1 is 1.05 bits per heavy atom. The molecule has 1 amide bonds. The van der Waals surface area contributed by atoms with Crippen LogP contribution in [0.4, 0.5) is 27.6 Å². The Labute approximate surface area is 116 Å². The van der Waals surface area contributed by atoms with Crippen molar-refractivity contribution in [3.63, 3.8) is 0 Å². The van der Waals surface area contributed by atoms with Gasteiger partial charge < -0.3 is 5.32 Å². The summed E-state index contributed by atoms with van der Waals surface area (Å²) in [7, 11) is 0. The number of aromatic nitrogens is 2. The predicted octanol–water partition coefficient (Wildman–Crippen LogP) is 3.12. The minimum atomic E-state index is -2.30. The first kappa shape index (κ1) is 14.4. The highest BCUT2D eigenvalue weighted by Crippen LogP contribution is 2.27. The molecule has 0 spiro atoms. The number of nitrogens with zero attached hydrogens (tertiary/aromatic N) is 1. The van der Waals surface area contributed by atoms with Crippen molar-refractivity contribution in [2.24, 2.45) is 0 Å². The summed E-state index contributed by atoms with van der Waals surface area (Å²) in [6, 6.07) is 0. The van der Waals surface area contributed by atoms with Crippen LogP contribution in [0.15, 0.2) is 10.7 Å². The Hall–Kier alpha value is -1.97. The van der Waals surface area contributed by atoms with E-state index in [0.29, 0.717) is 0 Å². The van der Waals surface area contributed by atoms with E-state index in [-0.39, 0.29) is 10.2 Å². The topological polar surface area (TPSA) is 57.8 Å². The molecule has 0 saturated carbocycles. The minimum absolute atomic E-state index is 0.152. The number of hydrogen-bond donors (Lipinski definition) is 2. The van der Waals surface area contributed by atoms with E-state index in [1.165, 1.54) is 6.20 Å². The Bertz CT molecular complexity index is 673. The fourth-order valence-corrected chi connectivity index (χ4v) is 1.69. The number of anilines is 1. The first-order valence-electron chi connectivity index (χ1n) is 4.86. The van der Waals surface area contributed by atoms with E-state index < -0.39 is 40.7 Å². The molecule has 10 heteroatoms. The van der Waals surface area contributed by atoms with Gasteiger partial charge in [0.25, 0.3) is 5.91 Å². The number of aromatic amines is 1. The minimum Gasteiger partial charge on any atom is -0.315 e. The molecule has 0 aliphatic heterocycles. The van der Waals surface area contributed by atoms with Crippen LogP contribution in [0, 0.1) is 29.1 Å². The molecule has 2 aromatic rings. The Morgan fingerprint density at radius 3 is 2.00 bits per heavy atom. The molecule has 0 radical (unpaired) electrons. The number of carbonyl (C=O) groups excluding carboxylic acids is 1. The van der Waals surface area contributed by atoms with Crippen molar-refractivity contribution in [3.05, 3.63) is 45.4 Å². The molecular formula is C10H3BrF5N3O. The number of benzene rings is 1. The van der Waals surface area contributed by atoms with Crippen molar-refractivity contribution >= 4 is 27.5 Å². The highest BCUT2D eigenvalue weighted by atomic mass is 79.9. The molecule has 1 aromatic carbocycles. The highest BCUT2D eigenvalue weighted by Gasteiger charge is 2.27. The second-order valence-corrected chi connectivity index (χ2v) is 4.35. The van der Waals surface area contributed by atoms with E-state index in [1.807, 2.05) is 0 Å². The molecule has 106 valence electrons. The van der Waals surface area contributed by atoms with E-state index in [0.717, 1.165) is 0 Å². The van der Waals surface area contributed by atoms with Gasteiger partial charge in [0.1, 0.15) is 11.4 Å². The van der Waals surface area contributed by atoms with Gasteiger partial charge in [-0.25, -0.2) is 22.0 Å². The van der Waals surface area contributed by atoms with E-state index in [9.17, 15) is 26.7 Å².